The molecule has 1 N–H and O–H groups in total. The van der Waals surface area contributed by atoms with Crippen LogP contribution in [0.4, 0.5) is 8.78 Å². The molecule has 1 atom stereocenters. The van der Waals surface area contributed by atoms with Crippen LogP contribution in [0.25, 0.3) is 10.1 Å². The van der Waals surface area contributed by atoms with Crippen molar-refractivity contribution >= 4 is 21.4 Å². The van der Waals surface area contributed by atoms with Crippen LogP contribution in [0.1, 0.15) is 17.2 Å². The average molecular weight is 289 g/mol. The molecule has 2 aromatic carbocycles. The second-order valence-electron chi connectivity index (χ2n) is 4.54. The summed E-state index contributed by atoms with van der Waals surface area (Å²) in [5, 5.41) is 6.00. The highest BCUT2D eigenvalue weighted by atomic mass is 32.1. The number of rotatable bonds is 3. The third-order valence-electron chi connectivity index (χ3n) is 3.40. The van der Waals surface area contributed by atoms with Gasteiger partial charge in [0.15, 0.2) is 0 Å². The summed E-state index contributed by atoms with van der Waals surface area (Å²) in [5.74, 6) is -1.06. The molecule has 0 radical (unpaired) electrons. The first kappa shape index (κ1) is 13.2. The van der Waals surface area contributed by atoms with E-state index in [9.17, 15) is 8.78 Å². The molecule has 20 heavy (non-hydrogen) atoms. The van der Waals surface area contributed by atoms with Gasteiger partial charge in [-0.15, -0.1) is 11.3 Å². The number of benzene rings is 2. The van der Waals surface area contributed by atoms with Crippen LogP contribution in [0.2, 0.25) is 0 Å². The van der Waals surface area contributed by atoms with Crippen LogP contribution in [0.3, 0.4) is 0 Å². The first-order valence-electron chi connectivity index (χ1n) is 6.29. The minimum absolute atomic E-state index is 0.0681. The van der Waals surface area contributed by atoms with Crippen LogP contribution >= 0.6 is 11.3 Å². The summed E-state index contributed by atoms with van der Waals surface area (Å²) in [6.07, 6.45) is 0. The van der Waals surface area contributed by atoms with Gasteiger partial charge >= 0.3 is 0 Å². The van der Waals surface area contributed by atoms with E-state index in [2.05, 4.69) is 5.32 Å². The lowest BCUT2D eigenvalue weighted by Gasteiger charge is -2.18. The molecule has 1 aromatic heterocycles. The smallest absolute Gasteiger partial charge is 0.131 e. The summed E-state index contributed by atoms with van der Waals surface area (Å²) >= 11 is 1.58. The molecule has 0 bridgehead atoms. The van der Waals surface area contributed by atoms with Crippen LogP contribution in [0, 0.1) is 11.6 Å². The Hall–Kier alpha value is -1.78. The van der Waals surface area contributed by atoms with Gasteiger partial charge in [-0.05, 0) is 41.6 Å². The number of nitrogens with one attached hydrogen (secondary N) is 1. The quantitative estimate of drug-likeness (QED) is 0.749. The molecular formula is C16H13F2NS. The molecule has 4 heteroatoms. The lowest BCUT2D eigenvalue weighted by Crippen LogP contribution is -2.20. The summed E-state index contributed by atoms with van der Waals surface area (Å²) in [6, 6.07) is 11.3. The zero-order chi connectivity index (χ0) is 14.1. The predicted octanol–water partition coefficient (Wildman–Crippen LogP) is 4.49. The van der Waals surface area contributed by atoms with Crippen molar-refractivity contribution in [3.63, 3.8) is 0 Å². The van der Waals surface area contributed by atoms with Gasteiger partial charge in [0.1, 0.15) is 11.6 Å². The number of thiophene rings is 1. The molecule has 0 fully saturated rings. The first-order chi connectivity index (χ1) is 9.72. The molecule has 0 aliphatic rings. The molecule has 1 nitrogen and oxygen atoms in total. The van der Waals surface area contributed by atoms with Gasteiger partial charge < -0.3 is 5.32 Å². The number of hydrogen-bond acceptors (Lipinski definition) is 2. The fourth-order valence-corrected chi connectivity index (χ4v) is 3.45. The van der Waals surface area contributed by atoms with Gasteiger partial charge in [-0.1, -0.05) is 24.3 Å². The highest BCUT2D eigenvalue weighted by molar-refractivity contribution is 7.17. The van der Waals surface area contributed by atoms with Gasteiger partial charge in [0.25, 0.3) is 0 Å². The van der Waals surface area contributed by atoms with E-state index in [1.807, 2.05) is 29.6 Å². The van der Waals surface area contributed by atoms with Gasteiger partial charge in [-0.3, -0.25) is 0 Å². The molecule has 1 unspecified atom stereocenters. The zero-order valence-corrected chi connectivity index (χ0v) is 11.7. The highest BCUT2D eigenvalue weighted by Crippen LogP contribution is 2.35. The van der Waals surface area contributed by atoms with Crippen LogP contribution in [-0.4, -0.2) is 7.05 Å². The van der Waals surface area contributed by atoms with E-state index in [1.54, 1.807) is 18.4 Å². The molecular weight excluding hydrogens is 276 g/mol. The third kappa shape index (κ3) is 2.11. The van der Waals surface area contributed by atoms with Crippen molar-refractivity contribution < 1.29 is 8.78 Å². The minimum atomic E-state index is -0.528. The fraction of sp³-hybridized carbons (Fsp3) is 0.125. The van der Waals surface area contributed by atoms with Gasteiger partial charge in [-0.2, -0.15) is 0 Å². The fourth-order valence-electron chi connectivity index (χ4n) is 2.46. The number of halogens is 2. The summed E-state index contributed by atoms with van der Waals surface area (Å²) in [5.41, 5.74) is 0.968. The van der Waals surface area contributed by atoms with Crippen LogP contribution < -0.4 is 5.32 Å². The van der Waals surface area contributed by atoms with Crippen molar-refractivity contribution in [2.75, 3.05) is 7.05 Å². The largest absolute Gasteiger partial charge is 0.309 e. The summed E-state index contributed by atoms with van der Waals surface area (Å²) in [4.78, 5) is 0. The van der Waals surface area contributed by atoms with E-state index in [1.165, 1.54) is 18.2 Å². The molecule has 0 saturated heterocycles. The van der Waals surface area contributed by atoms with Crippen molar-refractivity contribution in [3.05, 3.63) is 70.6 Å². The van der Waals surface area contributed by atoms with Gasteiger partial charge in [0.2, 0.25) is 0 Å². The topological polar surface area (TPSA) is 12.0 Å². The van der Waals surface area contributed by atoms with Crippen LogP contribution in [-0.2, 0) is 0 Å². The van der Waals surface area contributed by atoms with Crippen LogP contribution in [0.15, 0.2) is 47.8 Å². The van der Waals surface area contributed by atoms with Crippen molar-refractivity contribution in [2.24, 2.45) is 0 Å². The van der Waals surface area contributed by atoms with E-state index in [-0.39, 0.29) is 5.56 Å². The molecule has 0 aliphatic carbocycles. The molecule has 0 spiro atoms. The van der Waals surface area contributed by atoms with Crippen LogP contribution in [0.5, 0.6) is 0 Å². The predicted molar refractivity (Wildman–Crippen MR) is 79.1 cm³/mol. The first-order valence-corrected chi connectivity index (χ1v) is 7.17. The molecule has 0 aliphatic heterocycles. The average Bonchev–Trinajstić information content (AvgIpc) is 2.87. The Morgan fingerprint density at radius 2 is 1.70 bits per heavy atom. The molecule has 1 heterocycles. The molecule has 102 valence electrons. The molecule has 3 aromatic rings. The maximum Gasteiger partial charge on any atom is 0.131 e. The normalized spacial score (nSPS) is 12.8. The maximum atomic E-state index is 14.0. The van der Waals surface area contributed by atoms with Crippen molar-refractivity contribution in [1.29, 1.82) is 0 Å². The van der Waals surface area contributed by atoms with Crippen molar-refractivity contribution in [1.82, 2.24) is 5.32 Å². The lowest BCUT2D eigenvalue weighted by atomic mass is 9.97. The Balaban J connectivity index is 2.20. The standard InChI is InChI=1S/C16H13F2NS/c1-19-16(15-12(17)6-4-7-13(15)18)11-9-20-14-8-3-2-5-10(11)14/h2-9,16,19H,1H3. The Kier molecular flexibility index (Phi) is 3.51. The van der Waals surface area contributed by atoms with Gasteiger partial charge in [0.05, 0.1) is 6.04 Å². The second-order valence-corrected chi connectivity index (χ2v) is 5.46. The number of fused-ring (bicyclic) bond motifs is 1. The van der Waals surface area contributed by atoms with E-state index < -0.39 is 17.7 Å². The zero-order valence-electron chi connectivity index (χ0n) is 10.9. The monoisotopic (exact) mass is 289 g/mol. The van der Waals surface area contributed by atoms with E-state index >= 15 is 0 Å². The second kappa shape index (κ2) is 5.31. The summed E-state index contributed by atoms with van der Waals surface area (Å²) < 4.78 is 29.1. The van der Waals surface area contributed by atoms with Gasteiger partial charge in [-0.25, -0.2) is 8.78 Å². The van der Waals surface area contributed by atoms with Crippen molar-refractivity contribution in [3.8, 4) is 0 Å². The molecule has 0 saturated carbocycles. The van der Waals surface area contributed by atoms with E-state index in [0.29, 0.717) is 0 Å². The van der Waals surface area contributed by atoms with E-state index in [0.717, 1.165) is 15.6 Å². The highest BCUT2D eigenvalue weighted by Gasteiger charge is 2.22. The summed E-state index contributed by atoms with van der Waals surface area (Å²) in [7, 11) is 1.71. The lowest BCUT2D eigenvalue weighted by molar-refractivity contribution is 0.523. The van der Waals surface area contributed by atoms with E-state index in [4.69, 9.17) is 0 Å². The Labute approximate surface area is 119 Å². The number of hydrogen-bond donors (Lipinski definition) is 1. The third-order valence-corrected chi connectivity index (χ3v) is 4.38. The molecule has 0 amide bonds. The maximum absolute atomic E-state index is 14.0. The summed E-state index contributed by atoms with van der Waals surface area (Å²) in [6.45, 7) is 0. The minimum Gasteiger partial charge on any atom is -0.309 e. The SMILES string of the molecule is CNC(c1c(F)cccc1F)c1csc2ccccc12. The Bertz CT molecular complexity index is 731. The Morgan fingerprint density at radius 3 is 2.40 bits per heavy atom. The molecule has 3 rings (SSSR count). The van der Waals surface area contributed by atoms with Gasteiger partial charge in [0, 0.05) is 10.3 Å². The van der Waals surface area contributed by atoms with Crippen molar-refractivity contribution in [2.45, 2.75) is 6.04 Å². The Morgan fingerprint density at radius 1 is 1.00 bits per heavy atom.